The molecule has 1 aromatic carbocycles. The van der Waals surface area contributed by atoms with Crippen molar-refractivity contribution in [1.82, 2.24) is 15.2 Å². The van der Waals surface area contributed by atoms with E-state index in [0.29, 0.717) is 19.0 Å². The molecule has 0 aliphatic carbocycles. The molecular weight excluding hydrogens is 422 g/mol. The molecule has 0 atom stereocenters. The second kappa shape index (κ2) is 9.61. The van der Waals surface area contributed by atoms with E-state index in [2.05, 4.69) is 15.3 Å². The molecule has 0 aliphatic rings. The van der Waals surface area contributed by atoms with Crippen molar-refractivity contribution >= 4 is 29.9 Å². The number of benzene rings is 1. The van der Waals surface area contributed by atoms with E-state index in [-0.39, 0.29) is 29.8 Å². The summed E-state index contributed by atoms with van der Waals surface area (Å²) in [5, 5.41) is 3.24. The van der Waals surface area contributed by atoms with Crippen LogP contribution in [0.3, 0.4) is 0 Å². The van der Waals surface area contributed by atoms with Gasteiger partial charge in [-0.25, -0.2) is 14.4 Å². The summed E-state index contributed by atoms with van der Waals surface area (Å²) in [6.45, 7) is 7.59. The van der Waals surface area contributed by atoms with Gasteiger partial charge in [-0.1, -0.05) is 12.1 Å². The minimum atomic E-state index is -0.230. The Morgan fingerprint density at radius 1 is 1.29 bits per heavy atom. The lowest BCUT2D eigenvalue weighted by molar-refractivity contribution is 0.458. The van der Waals surface area contributed by atoms with Crippen LogP contribution >= 0.6 is 24.0 Å². The molecule has 7 heteroatoms. The minimum Gasteiger partial charge on any atom is -0.444 e. The average Bonchev–Trinajstić information content (AvgIpc) is 2.84. The largest absolute Gasteiger partial charge is 0.444 e. The van der Waals surface area contributed by atoms with E-state index in [9.17, 15) is 4.39 Å². The summed E-state index contributed by atoms with van der Waals surface area (Å²) in [6.07, 6.45) is 0. The summed E-state index contributed by atoms with van der Waals surface area (Å²) >= 11 is 0. The third-order valence-corrected chi connectivity index (χ3v) is 3.47. The topological polar surface area (TPSA) is 53.7 Å². The Kier molecular flexibility index (Phi) is 8.17. The molecule has 1 aromatic heterocycles. The van der Waals surface area contributed by atoms with Gasteiger partial charge in [0, 0.05) is 20.1 Å². The van der Waals surface area contributed by atoms with Crippen molar-refractivity contribution in [1.29, 1.82) is 0 Å². The Hall–Kier alpha value is -1.64. The zero-order valence-electron chi connectivity index (χ0n) is 14.5. The van der Waals surface area contributed by atoms with Crippen molar-refractivity contribution in [2.45, 2.75) is 33.9 Å². The molecule has 24 heavy (non-hydrogen) atoms. The molecule has 0 fully saturated rings. The molecule has 0 spiro atoms. The molecule has 0 bridgehead atoms. The monoisotopic (exact) mass is 446 g/mol. The van der Waals surface area contributed by atoms with Gasteiger partial charge in [-0.05, 0) is 38.5 Å². The first-order valence-electron chi connectivity index (χ1n) is 7.66. The Balaban J connectivity index is 0.00000288. The second-order valence-corrected chi connectivity index (χ2v) is 5.40. The number of aryl methyl sites for hydroxylation is 2. The Bertz CT molecular complexity index is 650. The van der Waals surface area contributed by atoms with Gasteiger partial charge in [0.15, 0.2) is 5.96 Å². The zero-order chi connectivity index (χ0) is 16.8. The van der Waals surface area contributed by atoms with Gasteiger partial charge in [-0.2, -0.15) is 0 Å². The van der Waals surface area contributed by atoms with Gasteiger partial charge in [0.1, 0.15) is 18.1 Å². The Morgan fingerprint density at radius 2 is 1.96 bits per heavy atom. The average molecular weight is 446 g/mol. The van der Waals surface area contributed by atoms with E-state index in [1.165, 1.54) is 12.1 Å². The number of guanidine groups is 1. The van der Waals surface area contributed by atoms with Gasteiger partial charge < -0.3 is 14.6 Å². The molecule has 0 amide bonds. The molecule has 2 aromatic rings. The molecule has 0 saturated carbocycles. The fourth-order valence-electron chi connectivity index (χ4n) is 2.16. The standard InChI is InChI=1S/C17H23FN4O.HI/c1-5-19-17(20-10-16-21-12(2)13(3)23-16)22(4)11-14-6-8-15(18)9-7-14;/h6-9H,5,10-11H2,1-4H3,(H,19,20);1H. The second-order valence-electron chi connectivity index (χ2n) is 5.40. The van der Waals surface area contributed by atoms with Gasteiger partial charge in [0.2, 0.25) is 5.89 Å². The number of halogens is 2. The minimum absolute atomic E-state index is 0. The zero-order valence-corrected chi connectivity index (χ0v) is 16.8. The van der Waals surface area contributed by atoms with Crippen molar-refractivity contribution in [3.8, 4) is 0 Å². The quantitative estimate of drug-likeness (QED) is 0.433. The summed E-state index contributed by atoms with van der Waals surface area (Å²) in [5.74, 6) is 1.95. The number of aliphatic imine (C=N–C) groups is 1. The normalized spacial score (nSPS) is 11.1. The maximum atomic E-state index is 13.0. The van der Waals surface area contributed by atoms with E-state index in [0.717, 1.165) is 29.5 Å². The van der Waals surface area contributed by atoms with Gasteiger partial charge in [-0.15, -0.1) is 24.0 Å². The molecule has 5 nitrogen and oxygen atoms in total. The summed E-state index contributed by atoms with van der Waals surface area (Å²) in [5.41, 5.74) is 1.90. The van der Waals surface area contributed by atoms with Gasteiger partial charge in [0.05, 0.1) is 5.69 Å². The number of hydrogen-bond acceptors (Lipinski definition) is 3. The number of nitrogens with zero attached hydrogens (tertiary/aromatic N) is 3. The predicted octanol–water partition coefficient (Wildman–Crippen LogP) is 3.65. The highest BCUT2D eigenvalue weighted by atomic mass is 127. The summed E-state index contributed by atoms with van der Waals surface area (Å²) < 4.78 is 18.5. The van der Waals surface area contributed by atoms with E-state index >= 15 is 0 Å². The smallest absolute Gasteiger partial charge is 0.216 e. The fraction of sp³-hybridized carbons (Fsp3) is 0.412. The summed E-state index contributed by atoms with van der Waals surface area (Å²) in [6, 6.07) is 6.48. The molecule has 0 aliphatic heterocycles. The van der Waals surface area contributed by atoms with Crippen LogP contribution in [0.25, 0.3) is 0 Å². The van der Waals surface area contributed by atoms with Crippen LogP contribution in [0.15, 0.2) is 33.7 Å². The SMILES string of the molecule is CCNC(=NCc1nc(C)c(C)o1)N(C)Cc1ccc(F)cc1.I. The number of aromatic nitrogens is 1. The van der Waals surface area contributed by atoms with Crippen LogP contribution in [0, 0.1) is 19.7 Å². The van der Waals surface area contributed by atoms with Crippen molar-refractivity contribution in [2.24, 2.45) is 4.99 Å². The predicted molar refractivity (Wildman–Crippen MR) is 104 cm³/mol. The van der Waals surface area contributed by atoms with Crippen molar-refractivity contribution in [3.05, 3.63) is 53.0 Å². The summed E-state index contributed by atoms with van der Waals surface area (Å²) in [4.78, 5) is 10.9. The lowest BCUT2D eigenvalue weighted by Gasteiger charge is -2.22. The van der Waals surface area contributed by atoms with Crippen LogP contribution in [-0.4, -0.2) is 29.4 Å². The van der Waals surface area contributed by atoms with Gasteiger partial charge >= 0.3 is 0 Å². The lowest BCUT2D eigenvalue weighted by atomic mass is 10.2. The van der Waals surface area contributed by atoms with Crippen molar-refractivity contribution in [3.63, 3.8) is 0 Å². The first-order chi connectivity index (χ1) is 11.0. The third kappa shape index (κ3) is 5.77. The number of oxazole rings is 1. The van der Waals surface area contributed by atoms with Crippen molar-refractivity contribution < 1.29 is 8.81 Å². The van der Waals surface area contributed by atoms with Gasteiger partial charge in [0.25, 0.3) is 0 Å². The Morgan fingerprint density at radius 3 is 2.50 bits per heavy atom. The number of nitrogens with one attached hydrogen (secondary N) is 1. The maximum Gasteiger partial charge on any atom is 0.216 e. The Labute approximate surface area is 159 Å². The first-order valence-corrected chi connectivity index (χ1v) is 7.66. The molecule has 0 radical (unpaired) electrons. The first kappa shape index (κ1) is 20.4. The van der Waals surface area contributed by atoms with Crippen LogP contribution in [0.2, 0.25) is 0 Å². The van der Waals surface area contributed by atoms with Crippen LogP contribution in [0.4, 0.5) is 4.39 Å². The molecule has 132 valence electrons. The van der Waals surface area contributed by atoms with Crippen LogP contribution in [-0.2, 0) is 13.1 Å². The molecular formula is C17H24FIN4O. The van der Waals surface area contributed by atoms with E-state index < -0.39 is 0 Å². The number of rotatable bonds is 5. The lowest BCUT2D eigenvalue weighted by Crippen LogP contribution is -2.38. The van der Waals surface area contributed by atoms with Gasteiger partial charge in [-0.3, -0.25) is 0 Å². The van der Waals surface area contributed by atoms with Crippen molar-refractivity contribution in [2.75, 3.05) is 13.6 Å². The summed E-state index contributed by atoms with van der Waals surface area (Å²) in [7, 11) is 1.94. The maximum absolute atomic E-state index is 13.0. The highest BCUT2D eigenvalue weighted by Crippen LogP contribution is 2.10. The molecule has 0 unspecified atom stereocenters. The van der Waals surface area contributed by atoms with Crippen LogP contribution < -0.4 is 5.32 Å². The number of hydrogen-bond donors (Lipinski definition) is 1. The van der Waals surface area contributed by atoms with E-state index in [4.69, 9.17) is 4.42 Å². The van der Waals surface area contributed by atoms with Crippen LogP contribution in [0.1, 0.15) is 29.8 Å². The molecule has 2 rings (SSSR count). The third-order valence-electron chi connectivity index (χ3n) is 3.47. The highest BCUT2D eigenvalue weighted by Gasteiger charge is 2.09. The van der Waals surface area contributed by atoms with E-state index in [1.807, 2.05) is 32.7 Å². The van der Waals surface area contributed by atoms with E-state index in [1.54, 1.807) is 12.1 Å². The molecule has 1 heterocycles. The molecule has 1 N–H and O–H groups in total. The highest BCUT2D eigenvalue weighted by molar-refractivity contribution is 14.0. The molecule has 0 saturated heterocycles. The fourth-order valence-corrected chi connectivity index (χ4v) is 2.16. The van der Waals surface area contributed by atoms with Crippen LogP contribution in [0.5, 0.6) is 0 Å².